The smallest absolute Gasteiger partial charge is 0.166 e. The highest BCUT2D eigenvalue weighted by molar-refractivity contribution is 7.99. The molecule has 1 aromatic carbocycles. The van der Waals surface area contributed by atoms with Gasteiger partial charge in [-0.3, -0.25) is 4.79 Å². The Morgan fingerprint density at radius 2 is 2.05 bits per heavy atom. The standard InChI is InChI=1S/C18H24O2S/c1-13-3-4-16(14(2)11-13)17(19)15-5-8-20-18(12-15)6-9-21-10-7-18/h3-4,11,15H,5-10,12H2,1-2H3. The molecule has 0 aromatic heterocycles. The lowest BCUT2D eigenvalue weighted by molar-refractivity contribution is -0.0959. The fourth-order valence-electron chi connectivity index (χ4n) is 3.65. The van der Waals surface area contributed by atoms with Crippen LogP contribution in [0.25, 0.3) is 0 Å². The van der Waals surface area contributed by atoms with E-state index in [1.165, 1.54) is 17.1 Å². The summed E-state index contributed by atoms with van der Waals surface area (Å²) in [4.78, 5) is 12.9. The third kappa shape index (κ3) is 3.19. The molecule has 0 bridgehead atoms. The van der Waals surface area contributed by atoms with Gasteiger partial charge in [-0.25, -0.2) is 0 Å². The summed E-state index contributed by atoms with van der Waals surface area (Å²) in [6.45, 7) is 4.86. The van der Waals surface area contributed by atoms with Crippen LogP contribution in [0.1, 0.15) is 47.2 Å². The second-order valence-corrected chi connectivity index (χ2v) is 7.74. The van der Waals surface area contributed by atoms with E-state index in [0.717, 1.165) is 43.4 Å². The molecule has 2 nitrogen and oxygen atoms in total. The summed E-state index contributed by atoms with van der Waals surface area (Å²) in [6, 6.07) is 6.16. The molecule has 3 rings (SSSR count). The lowest BCUT2D eigenvalue weighted by Gasteiger charge is -2.43. The molecule has 0 radical (unpaired) electrons. The molecule has 1 unspecified atom stereocenters. The van der Waals surface area contributed by atoms with Crippen molar-refractivity contribution in [1.29, 1.82) is 0 Å². The lowest BCUT2D eigenvalue weighted by atomic mass is 9.78. The van der Waals surface area contributed by atoms with Gasteiger partial charge in [0.1, 0.15) is 0 Å². The van der Waals surface area contributed by atoms with Crippen molar-refractivity contribution < 1.29 is 9.53 Å². The van der Waals surface area contributed by atoms with E-state index < -0.39 is 0 Å². The van der Waals surface area contributed by atoms with Gasteiger partial charge in [-0.15, -0.1) is 0 Å². The molecule has 2 saturated heterocycles. The van der Waals surface area contributed by atoms with Gasteiger partial charge < -0.3 is 4.74 Å². The molecule has 1 aromatic rings. The number of thioether (sulfide) groups is 1. The highest BCUT2D eigenvalue weighted by Crippen LogP contribution is 2.40. The highest BCUT2D eigenvalue weighted by Gasteiger charge is 2.41. The van der Waals surface area contributed by atoms with Crippen molar-refractivity contribution in [2.45, 2.75) is 45.1 Å². The van der Waals surface area contributed by atoms with Crippen molar-refractivity contribution in [1.82, 2.24) is 0 Å². The van der Waals surface area contributed by atoms with Gasteiger partial charge in [0.2, 0.25) is 0 Å². The van der Waals surface area contributed by atoms with Gasteiger partial charge in [-0.2, -0.15) is 11.8 Å². The first kappa shape index (κ1) is 15.1. The summed E-state index contributed by atoms with van der Waals surface area (Å²) in [7, 11) is 0. The van der Waals surface area contributed by atoms with Gasteiger partial charge in [0.25, 0.3) is 0 Å². The van der Waals surface area contributed by atoms with Gasteiger partial charge in [0.05, 0.1) is 5.60 Å². The molecule has 2 heterocycles. The van der Waals surface area contributed by atoms with Crippen LogP contribution in [0.2, 0.25) is 0 Å². The van der Waals surface area contributed by atoms with E-state index in [2.05, 4.69) is 13.0 Å². The zero-order valence-electron chi connectivity index (χ0n) is 13.0. The lowest BCUT2D eigenvalue weighted by Crippen LogP contribution is -2.44. The first-order valence-electron chi connectivity index (χ1n) is 7.93. The van der Waals surface area contributed by atoms with Crippen LogP contribution in [-0.4, -0.2) is 29.5 Å². The zero-order chi connectivity index (χ0) is 14.9. The van der Waals surface area contributed by atoms with Crippen molar-refractivity contribution in [3.8, 4) is 0 Å². The van der Waals surface area contributed by atoms with Gasteiger partial charge in [-0.1, -0.05) is 23.8 Å². The summed E-state index contributed by atoms with van der Waals surface area (Å²) < 4.78 is 6.11. The van der Waals surface area contributed by atoms with Gasteiger partial charge >= 0.3 is 0 Å². The summed E-state index contributed by atoms with van der Waals surface area (Å²) in [6.07, 6.45) is 4.00. The number of ether oxygens (including phenoxy) is 1. The van der Waals surface area contributed by atoms with Crippen LogP contribution in [0.15, 0.2) is 18.2 Å². The Balaban J connectivity index is 1.77. The Morgan fingerprint density at radius 1 is 1.29 bits per heavy atom. The molecule has 1 atom stereocenters. The molecule has 1 spiro atoms. The molecule has 114 valence electrons. The molecule has 0 amide bonds. The summed E-state index contributed by atoms with van der Waals surface area (Å²) in [5.74, 6) is 2.81. The van der Waals surface area contributed by atoms with E-state index in [1.807, 2.05) is 30.8 Å². The van der Waals surface area contributed by atoms with Gasteiger partial charge in [-0.05, 0) is 56.6 Å². The molecule has 0 aliphatic carbocycles. The average molecular weight is 304 g/mol. The second-order valence-electron chi connectivity index (χ2n) is 6.52. The van der Waals surface area contributed by atoms with Crippen molar-refractivity contribution >= 4 is 17.5 Å². The predicted octanol–water partition coefficient (Wildman–Crippen LogP) is 4.18. The fraction of sp³-hybridized carbons (Fsp3) is 0.611. The first-order valence-corrected chi connectivity index (χ1v) is 9.08. The largest absolute Gasteiger partial charge is 0.375 e. The van der Waals surface area contributed by atoms with Crippen LogP contribution in [0.3, 0.4) is 0 Å². The van der Waals surface area contributed by atoms with Gasteiger partial charge in [0.15, 0.2) is 5.78 Å². The first-order chi connectivity index (χ1) is 10.1. The number of rotatable bonds is 2. The summed E-state index contributed by atoms with van der Waals surface area (Å²) in [5, 5.41) is 0. The quantitative estimate of drug-likeness (QED) is 0.767. The molecule has 0 N–H and O–H groups in total. The normalized spacial score (nSPS) is 25.0. The fourth-order valence-corrected chi connectivity index (χ4v) is 4.89. The number of hydrogen-bond donors (Lipinski definition) is 0. The van der Waals surface area contributed by atoms with Crippen LogP contribution >= 0.6 is 11.8 Å². The predicted molar refractivity (Wildman–Crippen MR) is 88.2 cm³/mol. The van der Waals surface area contributed by atoms with Gasteiger partial charge in [0, 0.05) is 18.1 Å². The minimum Gasteiger partial charge on any atom is -0.375 e. The SMILES string of the molecule is Cc1ccc(C(=O)C2CCOC3(CCSCC3)C2)c(C)c1. The molecule has 0 saturated carbocycles. The Morgan fingerprint density at radius 3 is 2.76 bits per heavy atom. The van der Waals surface area contributed by atoms with Crippen LogP contribution in [-0.2, 0) is 4.74 Å². The molecular weight excluding hydrogens is 280 g/mol. The molecule has 3 heteroatoms. The average Bonchev–Trinajstić information content (AvgIpc) is 2.47. The maximum absolute atomic E-state index is 12.9. The van der Waals surface area contributed by atoms with Crippen molar-refractivity contribution in [2.75, 3.05) is 18.1 Å². The number of ketones is 1. The van der Waals surface area contributed by atoms with Crippen molar-refractivity contribution in [2.24, 2.45) is 5.92 Å². The van der Waals surface area contributed by atoms with Crippen molar-refractivity contribution in [3.63, 3.8) is 0 Å². The van der Waals surface area contributed by atoms with E-state index in [0.29, 0.717) is 5.78 Å². The van der Waals surface area contributed by atoms with Crippen molar-refractivity contribution in [3.05, 3.63) is 34.9 Å². The van der Waals surface area contributed by atoms with Crippen LogP contribution in [0.5, 0.6) is 0 Å². The summed E-state index contributed by atoms with van der Waals surface area (Å²) >= 11 is 2.01. The number of carbonyl (C=O) groups excluding carboxylic acids is 1. The molecule has 2 aliphatic rings. The molecule has 21 heavy (non-hydrogen) atoms. The van der Waals surface area contributed by atoms with E-state index in [9.17, 15) is 4.79 Å². The maximum Gasteiger partial charge on any atom is 0.166 e. The van der Waals surface area contributed by atoms with E-state index >= 15 is 0 Å². The number of Topliss-reactive ketones (excluding diaryl/α,β-unsaturated/α-hetero) is 1. The van der Waals surface area contributed by atoms with E-state index in [4.69, 9.17) is 4.74 Å². The monoisotopic (exact) mass is 304 g/mol. The molecular formula is C18H24O2S. The topological polar surface area (TPSA) is 26.3 Å². The highest BCUT2D eigenvalue weighted by atomic mass is 32.2. The number of carbonyl (C=O) groups is 1. The van der Waals surface area contributed by atoms with Crippen LogP contribution < -0.4 is 0 Å². The van der Waals surface area contributed by atoms with E-state index in [1.54, 1.807) is 0 Å². The van der Waals surface area contributed by atoms with E-state index in [-0.39, 0.29) is 11.5 Å². The second kappa shape index (κ2) is 6.13. The Kier molecular flexibility index (Phi) is 4.41. The zero-order valence-corrected chi connectivity index (χ0v) is 13.8. The molecule has 2 aliphatic heterocycles. The number of aryl methyl sites for hydroxylation is 2. The Hall–Kier alpha value is -0.800. The number of benzene rings is 1. The molecule has 2 fully saturated rings. The van der Waals surface area contributed by atoms with Crippen LogP contribution in [0.4, 0.5) is 0 Å². The Bertz CT molecular complexity index is 527. The third-order valence-electron chi connectivity index (χ3n) is 4.92. The third-order valence-corrected chi connectivity index (χ3v) is 5.90. The minimum absolute atomic E-state index is 0.0115. The maximum atomic E-state index is 12.9. The minimum atomic E-state index is -0.0115. The van der Waals surface area contributed by atoms with Crippen LogP contribution in [0, 0.1) is 19.8 Å². The number of hydrogen-bond acceptors (Lipinski definition) is 3. The Labute approximate surface area is 131 Å². The summed E-state index contributed by atoms with van der Waals surface area (Å²) in [5.41, 5.74) is 3.23.